The molecule has 0 aromatic heterocycles. The number of amides is 1. The number of hydrogen-bond donors (Lipinski definition) is 0. The Morgan fingerprint density at radius 2 is 2.43 bits per heavy atom. The lowest BCUT2D eigenvalue weighted by Crippen LogP contribution is -2.12. The molecule has 0 aromatic rings. The zero-order chi connectivity index (χ0) is 11.0. The Kier molecular flexibility index (Phi) is 7.20. The first kappa shape index (κ1) is 13.9. The van der Waals surface area contributed by atoms with Gasteiger partial charge in [-0.15, -0.1) is 0 Å². The summed E-state index contributed by atoms with van der Waals surface area (Å²) in [6.45, 7) is 2.32. The van der Waals surface area contributed by atoms with Gasteiger partial charge in [-0.05, 0) is 18.7 Å². The Morgan fingerprint density at radius 3 is 2.86 bits per heavy atom. The van der Waals surface area contributed by atoms with Gasteiger partial charge in [0.2, 0.25) is 12.0 Å². The third kappa shape index (κ3) is 4.43. The molecule has 0 aliphatic carbocycles. The van der Waals surface area contributed by atoms with Crippen molar-refractivity contribution in [2.45, 2.75) is 13.3 Å². The second kappa shape index (κ2) is 7.24. The maximum Gasteiger partial charge on any atom is 0.215 e. The molecular weight excluding hydrogens is 239 g/mol. The summed E-state index contributed by atoms with van der Waals surface area (Å²) in [6.07, 6.45) is 1.10. The predicted molar refractivity (Wildman–Crippen MR) is 62.4 cm³/mol. The lowest BCUT2D eigenvalue weighted by atomic mass is 10.6. The van der Waals surface area contributed by atoms with Crippen molar-refractivity contribution in [1.82, 2.24) is 4.67 Å². The molecule has 1 amide bonds. The van der Waals surface area contributed by atoms with Crippen molar-refractivity contribution < 1.29 is 9.32 Å². The number of nitriles is 1. The van der Waals surface area contributed by atoms with Gasteiger partial charge in [0.25, 0.3) is 0 Å². The molecule has 0 saturated carbocycles. The first-order chi connectivity index (χ1) is 6.60. The number of rotatable bonds is 7. The molecule has 1 atom stereocenters. The van der Waals surface area contributed by atoms with Crippen LogP contribution in [0.4, 0.5) is 0 Å². The van der Waals surface area contributed by atoms with Crippen molar-refractivity contribution in [2.24, 2.45) is 0 Å². The third-order valence-corrected chi connectivity index (χ3v) is 8.12. The summed E-state index contributed by atoms with van der Waals surface area (Å²) in [5.74, 6) is 0.603. The quantitative estimate of drug-likeness (QED) is 0.394. The molecule has 0 bridgehead atoms. The number of carbonyl (C=O) groups is 1. The van der Waals surface area contributed by atoms with Crippen molar-refractivity contribution in [2.75, 3.05) is 19.4 Å². The van der Waals surface area contributed by atoms with Crippen molar-refractivity contribution in [3.8, 4) is 6.07 Å². The molecule has 0 rings (SSSR count). The van der Waals surface area contributed by atoms with Crippen LogP contribution in [0.25, 0.3) is 0 Å². The van der Waals surface area contributed by atoms with Gasteiger partial charge in [-0.2, -0.15) is 5.26 Å². The highest BCUT2D eigenvalue weighted by molar-refractivity contribution is 8.68. The van der Waals surface area contributed by atoms with Gasteiger partial charge in [-0.25, -0.2) is 0 Å². The molecule has 0 aliphatic heterocycles. The molecule has 0 aromatic carbocycles. The van der Waals surface area contributed by atoms with Crippen LogP contribution >= 0.6 is 17.0 Å². The largest absolute Gasteiger partial charge is 0.327 e. The lowest BCUT2D eigenvalue weighted by molar-refractivity contribution is -0.113. The maximum absolute atomic E-state index is 10.6. The molecule has 0 spiro atoms. The van der Waals surface area contributed by atoms with Gasteiger partial charge in [-0.1, -0.05) is 11.4 Å². The molecule has 14 heavy (non-hydrogen) atoms. The maximum atomic E-state index is 10.6. The van der Waals surface area contributed by atoms with Crippen molar-refractivity contribution >= 4 is 35.2 Å². The van der Waals surface area contributed by atoms with Crippen LogP contribution in [0.5, 0.6) is 0 Å². The van der Waals surface area contributed by atoms with Gasteiger partial charge in [0.1, 0.15) is 0 Å². The second-order valence-electron chi connectivity index (χ2n) is 2.31. The van der Waals surface area contributed by atoms with Crippen molar-refractivity contribution in [1.29, 1.82) is 5.26 Å². The van der Waals surface area contributed by atoms with Gasteiger partial charge in [0.15, 0.2) is 0 Å². The van der Waals surface area contributed by atoms with E-state index in [2.05, 4.69) is 0 Å². The van der Waals surface area contributed by atoms with E-state index in [4.69, 9.17) is 21.6 Å². The minimum Gasteiger partial charge on any atom is -0.327 e. The standard InChI is InChI=1S/C7H13N2O2PS2/c1-3-11-12(13,9(2)7-10)14-6-4-5-8/h7H,3-4,6H2,1-2H3. The molecule has 0 fully saturated rings. The average Bonchev–Trinajstić information content (AvgIpc) is 2.17. The van der Waals surface area contributed by atoms with E-state index >= 15 is 0 Å². The van der Waals surface area contributed by atoms with Crippen molar-refractivity contribution in [3.05, 3.63) is 0 Å². The summed E-state index contributed by atoms with van der Waals surface area (Å²) in [6, 6.07) is 2.03. The smallest absolute Gasteiger partial charge is 0.215 e. The average molecular weight is 252 g/mol. The van der Waals surface area contributed by atoms with Gasteiger partial charge in [0.05, 0.1) is 12.7 Å². The fourth-order valence-electron chi connectivity index (χ4n) is 0.647. The highest BCUT2D eigenvalue weighted by atomic mass is 32.9. The van der Waals surface area contributed by atoms with Crippen LogP contribution in [0, 0.1) is 11.3 Å². The summed E-state index contributed by atoms with van der Waals surface area (Å²) in [7, 11) is 1.61. The highest BCUT2D eigenvalue weighted by Crippen LogP contribution is 2.61. The van der Waals surface area contributed by atoms with E-state index < -0.39 is 5.62 Å². The minimum atomic E-state index is -2.28. The molecule has 4 nitrogen and oxygen atoms in total. The first-order valence-corrected chi connectivity index (χ1v) is 8.31. The monoisotopic (exact) mass is 252 g/mol. The Hall–Kier alpha value is -0.0800. The van der Waals surface area contributed by atoms with Gasteiger partial charge in [-0.3, -0.25) is 9.46 Å². The third-order valence-electron chi connectivity index (χ3n) is 1.30. The SMILES string of the molecule is CCOP(=S)(SCCC#N)N(C)C=O. The molecule has 0 radical (unpaired) electrons. The summed E-state index contributed by atoms with van der Waals surface area (Å²) in [4.78, 5) is 10.6. The van der Waals surface area contributed by atoms with E-state index in [1.807, 2.05) is 13.0 Å². The molecule has 0 N–H and O–H groups in total. The molecular formula is C7H13N2O2PS2. The topological polar surface area (TPSA) is 53.3 Å². The van der Waals surface area contributed by atoms with Gasteiger partial charge in [0, 0.05) is 19.2 Å². The Labute approximate surface area is 93.5 Å². The molecule has 0 aliphatic rings. The van der Waals surface area contributed by atoms with Crippen LogP contribution < -0.4 is 0 Å². The summed E-state index contributed by atoms with van der Waals surface area (Å²) >= 11 is 6.65. The zero-order valence-corrected chi connectivity index (χ0v) is 10.7. The van der Waals surface area contributed by atoms with E-state index in [0.717, 1.165) is 0 Å². The fraction of sp³-hybridized carbons (Fsp3) is 0.714. The van der Waals surface area contributed by atoms with E-state index in [0.29, 0.717) is 25.2 Å². The zero-order valence-electron chi connectivity index (χ0n) is 8.17. The Morgan fingerprint density at radius 1 is 1.79 bits per heavy atom. The van der Waals surface area contributed by atoms with Gasteiger partial charge < -0.3 is 4.52 Å². The predicted octanol–water partition coefficient (Wildman–Crippen LogP) is 1.98. The normalized spacial score (nSPS) is 14.1. The minimum absolute atomic E-state index is 0.419. The Balaban J connectivity index is 4.32. The molecule has 80 valence electrons. The molecule has 1 unspecified atom stereocenters. The molecule has 0 heterocycles. The van der Waals surface area contributed by atoms with Gasteiger partial charge >= 0.3 is 0 Å². The van der Waals surface area contributed by atoms with Crippen LogP contribution in [0.15, 0.2) is 0 Å². The van der Waals surface area contributed by atoms with Crippen LogP contribution in [0.1, 0.15) is 13.3 Å². The first-order valence-electron chi connectivity index (χ1n) is 4.05. The van der Waals surface area contributed by atoms with E-state index in [-0.39, 0.29) is 0 Å². The van der Waals surface area contributed by atoms with Crippen LogP contribution in [-0.4, -0.2) is 30.5 Å². The number of nitrogens with zero attached hydrogens (tertiary/aromatic N) is 2. The number of carbonyl (C=O) groups excluding carboxylic acids is 1. The highest BCUT2D eigenvalue weighted by Gasteiger charge is 2.22. The van der Waals surface area contributed by atoms with E-state index in [1.165, 1.54) is 16.1 Å². The fourth-order valence-corrected chi connectivity index (χ4v) is 5.21. The van der Waals surface area contributed by atoms with Crippen molar-refractivity contribution in [3.63, 3.8) is 0 Å². The van der Waals surface area contributed by atoms with Crippen LogP contribution in [0.3, 0.4) is 0 Å². The van der Waals surface area contributed by atoms with E-state index in [9.17, 15) is 4.79 Å². The Bertz CT molecular complexity index is 267. The van der Waals surface area contributed by atoms with E-state index in [1.54, 1.807) is 7.05 Å². The summed E-state index contributed by atoms with van der Waals surface area (Å²) < 4.78 is 6.80. The molecule has 0 saturated heterocycles. The summed E-state index contributed by atoms with van der Waals surface area (Å²) in [5, 5.41) is 8.38. The van der Waals surface area contributed by atoms with Crippen LogP contribution in [-0.2, 0) is 21.1 Å². The molecule has 7 heteroatoms. The number of hydrogen-bond acceptors (Lipinski definition) is 5. The lowest BCUT2D eigenvalue weighted by Gasteiger charge is -2.26. The second-order valence-corrected chi connectivity index (χ2v) is 9.24. The summed E-state index contributed by atoms with van der Waals surface area (Å²) in [5.41, 5.74) is -2.28. The van der Waals surface area contributed by atoms with Crippen LogP contribution in [0.2, 0.25) is 0 Å².